The molecule has 1 aromatic rings. The Balaban J connectivity index is 1.87. The summed E-state index contributed by atoms with van der Waals surface area (Å²) in [7, 11) is 0. The van der Waals surface area contributed by atoms with Gasteiger partial charge in [0.05, 0.1) is 0 Å². The highest BCUT2D eigenvalue weighted by Gasteiger charge is 2.24. The van der Waals surface area contributed by atoms with Crippen LogP contribution < -0.4 is 5.32 Å². The van der Waals surface area contributed by atoms with Gasteiger partial charge < -0.3 is 5.32 Å². The smallest absolute Gasteiger partial charge is 0.00178 e. The summed E-state index contributed by atoms with van der Waals surface area (Å²) < 4.78 is 0. The van der Waals surface area contributed by atoms with Crippen LogP contribution in [0.1, 0.15) is 44.6 Å². The average Bonchev–Trinajstić information content (AvgIpc) is 2.42. The fraction of sp³-hybridized carbons (Fsp3) is 0.647. The molecule has 0 aliphatic heterocycles. The van der Waals surface area contributed by atoms with E-state index in [1.807, 2.05) is 0 Å². The number of hydrogen-bond acceptors (Lipinski definition) is 1. The second kappa shape index (κ2) is 7.58. The van der Waals surface area contributed by atoms with Crippen LogP contribution in [0.2, 0.25) is 0 Å². The first kappa shape index (κ1) is 13.6. The Morgan fingerprint density at radius 3 is 2.50 bits per heavy atom. The third-order valence-corrected chi connectivity index (χ3v) is 4.24. The zero-order valence-corrected chi connectivity index (χ0v) is 11.7. The van der Waals surface area contributed by atoms with Gasteiger partial charge in [0.15, 0.2) is 0 Å². The van der Waals surface area contributed by atoms with Crippen molar-refractivity contribution in [3.63, 3.8) is 0 Å². The molecule has 0 spiro atoms. The van der Waals surface area contributed by atoms with Gasteiger partial charge in [0.1, 0.15) is 0 Å². The molecular formula is C17H27N. The van der Waals surface area contributed by atoms with Gasteiger partial charge in [0, 0.05) is 0 Å². The van der Waals surface area contributed by atoms with Gasteiger partial charge in [-0.3, -0.25) is 0 Å². The molecule has 1 fully saturated rings. The number of benzene rings is 1. The van der Waals surface area contributed by atoms with Crippen molar-refractivity contribution >= 4 is 0 Å². The predicted octanol–water partition coefficient (Wildman–Crippen LogP) is 4.04. The topological polar surface area (TPSA) is 12.0 Å². The summed E-state index contributed by atoms with van der Waals surface area (Å²) in [5.41, 5.74) is 1.52. The highest BCUT2D eigenvalue weighted by Crippen LogP contribution is 2.32. The van der Waals surface area contributed by atoms with Crippen LogP contribution in [0.15, 0.2) is 30.3 Å². The Bertz CT molecular complexity index is 320. The molecule has 0 aromatic heterocycles. The highest BCUT2D eigenvalue weighted by molar-refractivity contribution is 5.15. The number of rotatable bonds is 6. The summed E-state index contributed by atoms with van der Waals surface area (Å²) in [4.78, 5) is 0. The third-order valence-electron chi connectivity index (χ3n) is 4.24. The molecule has 2 unspecified atom stereocenters. The zero-order valence-electron chi connectivity index (χ0n) is 11.7. The van der Waals surface area contributed by atoms with Crippen molar-refractivity contribution in [2.24, 2.45) is 11.8 Å². The molecule has 100 valence electrons. The van der Waals surface area contributed by atoms with E-state index in [4.69, 9.17) is 0 Å². The van der Waals surface area contributed by atoms with Gasteiger partial charge in [-0.1, -0.05) is 50.1 Å². The monoisotopic (exact) mass is 245 g/mol. The first-order chi connectivity index (χ1) is 8.90. The molecule has 0 radical (unpaired) electrons. The Hall–Kier alpha value is -0.820. The van der Waals surface area contributed by atoms with E-state index in [2.05, 4.69) is 42.6 Å². The highest BCUT2D eigenvalue weighted by atomic mass is 14.9. The lowest BCUT2D eigenvalue weighted by atomic mass is 9.76. The van der Waals surface area contributed by atoms with Crippen molar-refractivity contribution in [3.05, 3.63) is 35.9 Å². The lowest BCUT2D eigenvalue weighted by Crippen LogP contribution is -2.32. The third kappa shape index (κ3) is 4.13. The molecule has 1 aromatic carbocycles. The second-order valence-electron chi connectivity index (χ2n) is 5.70. The Kier molecular flexibility index (Phi) is 5.73. The van der Waals surface area contributed by atoms with E-state index in [9.17, 15) is 0 Å². The molecule has 1 nitrogen and oxygen atoms in total. The van der Waals surface area contributed by atoms with Gasteiger partial charge in [-0.15, -0.1) is 0 Å². The van der Waals surface area contributed by atoms with Crippen molar-refractivity contribution in [3.8, 4) is 0 Å². The minimum atomic E-state index is 0.894. The van der Waals surface area contributed by atoms with E-state index >= 15 is 0 Å². The summed E-state index contributed by atoms with van der Waals surface area (Å²) in [6, 6.07) is 11.0. The molecule has 2 atom stereocenters. The largest absolute Gasteiger partial charge is 0.316 e. The molecular weight excluding hydrogens is 218 g/mol. The van der Waals surface area contributed by atoms with Crippen LogP contribution in [0.5, 0.6) is 0 Å². The Labute approximate surface area is 112 Å². The van der Waals surface area contributed by atoms with Crippen LogP contribution in [0, 0.1) is 11.8 Å². The Morgan fingerprint density at radius 1 is 1.06 bits per heavy atom. The fourth-order valence-corrected chi connectivity index (χ4v) is 3.20. The van der Waals surface area contributed by atoms with E-state index in [1.54, 1.807) is 0 Å². The van der Waals surface area contributed by atoms with Crippen LogP contribution in [-0.2, 0) is 6.42 Å². The van der Waals surface area contributed by atoms with E-state index in [0.717, 1.165) is 11.8 Å². The van der Waals surface area contributed by atoms with Crippen molar-refractivity contribution in [2.45, 2.75) is 45.4 Å². The molecule has 0 saturated heterocycles. The zero-order chi connectivity index (χ0) is 12.6. The fourth-order valence-electron chi connectivity index (χ4n) is 3.20. The maximum atomic E-state index is 3.62. The van der Waals surface area contributed by atoms with Gasteiger partial charge in [0.2, 0.25) is 0 Å². The quantitative estimate of drug-likeness (QED) is 0.746. The van der Waals surface area contributed by atoms with Crippen LogP contribution >= 0.6 is 0 Å². The molecule has 1 aliphatic rings. The van der Waals surface area contributed by atoms with Crippen molar-refractivity contribution in [2.75, 3.05) is 13.1 Å². The normalized spacial score (nSPS) is 24.1. The second-order valence-corrected chi connectivity index (χ2v) is 5.70. The first-order valence-electron chi connectivity index (χ1n) is 7.64. The van der Waals surface area contributed by atoms with Gasteiger partial charge >= 0.3 is 0 Å². The van der Waals surface area contributed by atoms with Gasteiger partial charge in [-0.05, 0) is 56.2 Å². The molecule has 2 rings (SSSR count). The molecule has 1 aliphatic carbocycles. The van der Waals surface area contributed by atoms with Gasteiger partial charge in [-0.25, -0.2) is 0 Å². The summed E-state index contributed by atoms with van der Waals surface area (Å²) in [5, 5.41) is 3.62. The lowest BCUT2D eigenvalue weighted by molar-refractivity contribution is 0.229. The Morgan fingerprint density at radius 2 is 1.78 bits per heavy atom. The van der Waals surface area contributed by atoms with Crippen LogP contribution in [-0.4, -0.2) is 13.1 Å². The number of hydrogen-bond donors (Lipinski definition) is 1. The molecule has 0 heterocycles. The van der Waals surface area contributed by atoms with Crippen LogP contribution in [0.4, 0.5) is 0 Å². The number of nitrogens with one attached hydrogen (secondary N) is 1. The van der Waals surface area contributed by atoms with E-state index < -0.39 is 0 Å². The molecule has 1 saturated carbocycles. The first-order valence-corrected chi connectivity index (χ1v) is 7.64. The van der Waals surface area contributed by atoms with Crippen molar-refractivity contribution < 1.29 is 0 Å². The SMILES string of the molecule is CCCNCC1CCCCC1Cc1ccccc1. The minimum absolute atomic E-state index is 0.894. The summed E-state index contributed by atoms with van der Waals surface area (Å²) in [5.74, 6) is 1.79. The van der Waals surface area contributed by atoms with Crippen LogP contribution in [0.3, 0.4) is 0 Å². The van der Waals surface area contributed by atoms with Gasteiger partial charge in [-0.2, -0.15) is 0 Å². The van der Waals surface area contributed by atoms with E-state index in [-0.39, 0.29) is 0 Å². The molecule has 1 N–H and O–H groups in total. The molecule has 18 heavy (non-hydrogen) atoms. The minimum Gasteiger partial charge on any atom is -0.316 e. The predicted molar refractivity (Wildman–Crippen MR) is 78.8 cm³/mol. The standard InChI is InChI=1S/C17H27N/c1-2-12-18-14-17-11-7-6-10-16(17)13-15-8-4-3-5-9-15/h3-5,8-9,16-18H,2,6-7,10-14H2,1H3. The maximum absolute atomic E-state index is 3.62. The van der Waals surface area contributed by atoms with E-state index in [1.165, 1.54) is 57.2 Å². The maximum Gasteiger partial charge on any atom is -0.00178 e. The average molecular weight is 245 g/mol. The van der Waals surface area contributed by atoms with E-state index in [0.29, 0.717) is 0 Å². The molecule has 1 heteroatoms. The summed E-state index contributed by atoms with van der Waals surface area (Å²) in [6.45, 7) is 4.65. The van der Waals surface area contributed by atoms with Crippen molar-refractivity contribution in [1.29, 1.82) is 0 Å². The summed E-state index contributed by atoms with van der Waals surface area (Å²) in [6.07, 6.45) is 8.24. The van der Waals surface area contributed by atoms with Crippen LogP contribution in [0.25, 0.3) is 0 Å². The van der Waals surface area contributed by atoms with Crippen molar-refractivity contribution in [1.82, 2.24) is 5.32 Å². The lowest BCUT2D eigenvalue weighted by Gasteiger charge is -2.32. The molecule has 0 bridgehead atoms. The molecule has 0 amide bonds. The van der Waals surface area contributed by atoms with Gasteiger partial charge in [0.25, 0.3) is 0 Å². The summed E-state index contributed by atoms with van der Waals surface area (Å²) >= 11 is 0.